The second-order valence-electron chi connectivity index (χ2n) is 3.38. The second-order valence-corrected chi connectivity index (χ2v) is 4.30. The Kier molecular flexibility index (Phi) is 7.38. The largest absolute Gasteiger partial charge is 0.350 e. The maximum atomic E-state index is 11.3. The van der Waals surface area contributed by atoms with E-state index in [-0.39, 0.29) is 24.4 Å². The van der Waals surface area contributed by atoms with Crippen LogP contribution in [-0.2, 0) is 4.79 Å². The Morgan fingerprint density at radius 1 is 1.44 bits per heavy atom. The molecule has 1 amide bonds. The van der Waals surface area contributed by atoms with Gasteiger partial charge in [-0.25, -0.2) is 0 Å². The molecule has 0 aromatic heterocycles. The third-order valence-corrected chi connectivity index (χ3v) is 2.65. The van der Waals surface area contributed by atoms with Crippen LogP contribution in [0.25, 0.3) is 0 Å². The zero-order valence-electron chi connectivity index (χ0n) is 9.07. The molecule has 0 fully saturated rings. The fourth-order valence-electron chi connectivity index (χ4n) is 1.28. The second kappa shape index (κ2) is 7.65. The topological polar surface area (TPSA) is 55.1 Å². The van der Waals surface area contributed by atoms with E-state index in [2.05, 4.69) is 21.2 Å². The highest BCUT2D eigenvalue weighted by atomic mass is 79.9. The number of benzene rings is 1. The van der Waals surface area contributed by atoms with Crippen molar-refractivity contribution in [1.82, 2.24) is 5.32 Å². The molecule has 0 saturated carbocycles. The predicted molar refractivity (Wildman–Crippen MR) is 71.6 cm³/mol. The average Bonchev–Trinajstić information content (AvgIpc) is 2.18. The third kappa shape index (κ3) is 4.96. The quantitative estimate of drug-likeness (QED) is 0.897. The molecule has 1 unspecified atom stereocenters. The molecule has 5 heteroatoms. The van der Waals surface area contributed by atoms with E-state index in [9.17, 15) is 4.79 Å². The normalized spacial score (nSPS) is 11.4. The molecule has 0 bridgehead atoms. The predicted octanol–water partition coefficient (Wildman–Crippen LogP) is 2.40. The molecule has 0 aliphatic heterocycles. The highest BCUT2D eigenvalue weighted by Crippen LogP contribution is 2.16. The van der Waals surface area contributed by atoms with Gasteiger partial charge in [0.1, 0.15) is 0 Å². The fraction of sp³-hybridized carbons (Fsp3) is 0.364. The van der Waals surface area contributed by atoms with Crippen LogP contribution in [0.15, 0.2) is 28.7 Å². The van der Waals surface area contributed by atoms with Crippen molar-refractivity contribution in [3.8, 4) is 0 Å². The molecule has 90 valence electrons. The lowest BCUT2D eigenvalue weighted by molar-refractivity contribution is -0.121. The smallest absolute Gasteiger partial charge is 0.221 e. The molecule has 0 aliphatic rings. The van der Waals surface area contributed by atoms with E-state index in [1.807, 2.05) is 31.2 Å². The molecule has 3 N–H and O–H groups in total. The summed E-state index contributed by atoms with van der Waals surface area (Å²) in [6.45, 7) is 2.34. The van der Waals surface area contributed by atoms with E-state index in [4.69, 9.17) is 5.73 Å². The fourth-order valence-corrected chi connectivity index (χ4v) is 1.54. The lowest BCUT2D eigenvalue weighted by Gasteiger charge is -2.13. The highest BCUT2D eigenvalue weighted by molar-refractivity contribution is 9.10. The minimum atomic E-state index is -0.00656. The number of nitrogens with one attached hydrogen (secondary N) is 1. The molecule has 0 aliphatic carbocycles. The van der Waals surface area contributed by atoms with Crippen molar-refractivity contribution in [2.24, 2.45) is 5.73 Å². The van der Waals surface area contributed by atoms with Crippen LogP contribution in [-0.4, -0.2) is 12.5 Å². The monoisotopic (exact) mass is 306 g/mol. The molecule has 0 saturated heterocycles. The molecule has 0 spiro atoms. The average molecular weight is 308 g/mol. The minimum Gasteiger partial charge on any atom is -0.350 e. The van der Waals surface area contributed by atoms with Crippen LogP contribution in [0.4, 0.5) is 0 Å². The van der Waals surface area contributed by atoms with E-state index < -0.39 is 0 Å². The Balaban J connectivity index is 0.00000225. The van der Waals surface area contributed by atoms with Crippen LogP contribution in [0.3, 0.4) is 0 Å². The van der Waals surface area contributed by atoms with Crippen LogP contribution >= 0.6 is 28.3 Å². The molecule has 1 aromatic rings. The molecular weight excluding hydrogens is 291 g/mol. The molecule has 1 atom stereocenters. The van der Waals surface area contributed by atoms with Gasteiger partial charge in [0, 0.05) is 17.4 Å². The Morgan fingerprint density at radius 2 is 2.00 bits per heavy atom. The summed E-state index contributed by atoms with van der Waals surface area (Å²) in [5.74, 6) is -0.00656. The Morgan fingerprint density at radius 3 is 2.50 bits per heavy atom. The first-order valence-corrected chi connectivity index (χ1v) is 5.67. The van der Waals surface area contributed by atoms with Crippen LogP contribution in [0.5, 0.6) is 0 Å². The maximum absolute atomic E-state index is 11.3. The number of carbonyl (C=O) groups excluding carboxylic acids is 1. The Hall–Kier alpha value is -0.580. The SMILES string of the molecule is CC(NC(=O)CCN)c1ccc(Br)cc1.Cl. The van der Waals surface area contributed by atoms with Crippen molar-refractivity contribution in [3.05, 3.63) is 34.3 Å². The molecule has 3 nitrogen and oxygen atoms in total. The van der Waals surface area contributed by atoms with Gasteiger partial charge in [0.05, 0.1) is 6.04 Å². The van der Waals surface area contributed by atoms with Gasteiger partial charge in [-0.05, 0) is 24.6 Å². The van der Waals surface area contributed by atoms with Crippen molar-refractivity contribution in [2.75, 3.05) is 6.54 Å². The van der Waals surface area contributed by atoms with E-state index in [1.54, 1.807) is 0 Å². The number of hydrogen-bond acceptors (Lipinski definition) is 2. The summed E-state index contributed by atoms with van der Waals surface area (Å²) in [6.07, 6.45) is 0.376. The molecule has 16 heavy (non-hydrogen) atoms. The summed E-state index contributed by atoms with van der Waals surface area (Å²) in [5.41, 5.74) is 6.38. The van der Waals surface area contributed by atoms with E-state index in [0.717, 1.165) is 10.0 Å². The van der Waals surface area contributed by atoms with Gasteiger partial charge in [0.2, 0.25) is 5.91 Å². The van der Waals surface area contributed by atoms with Crippen molar-refractivity contribution < 1.29 is 4.79 Å². The van der Waals surface area contributed by atoms with Gasteiger partial charge in [-0.15, -0.1) is 12.4 Å². The van der Waals surface area contributed by atoms with Crippen LogP contribution < -0.4 is 11.1 Å². The molecule has 0 radical (unpaired) electrons. The van der Waals surface area contributed by atoms with E-state index in [0.29, 0.717) is 13.0 Å². The first kappa shape index (κ1) is 15.4. The van der Waals surface area contributed by atoms with E-state index >= 15 is 0 Å². The van der Waals surface area contributed by atoms with Gasteiger partial charge in [0.15, 0.2) is 0 Å². The number of halogens is 2. The van der Waals surface area contributed by atoms with Gasteiger partial charge in [-0.3, -0.25) is 4.79 Å². The van der Waals surface area contributed by atoms with Crippen LogP contribution in [0.1, 0.15) is 24.9 Å². The zero-order chi connectivity index (χ0) is 11.3. The lowest BCUT2D eigenvalue weighted by atomic mass is 10.1. The number of carbonyl (C=O) groups is 1. The first-order valence-electron chi connectivity index (χ1n) is 4.88. The van der Waals surface area contributed by atoms with Gasteiger partial charge in [0.25, 0.3) is 0 Å². The van der Waals surface area contributed by atoms with Gasteiger partial charge < -0.3 is 11.1 Å². The molecular formula is C11H16BrClN2O. The Labute approximate surface area is 110 Å². The Bertz CT molecular complexity index is 329. The van der Waals surface area contributed by atoms with E-state index in [1.165, 1.54) is 0 Å². The summed E-state index contributed by atoms with van der Waals surface area (Å²) in [7, 11) is 0. The number of hydrogen-bond donors (Lipinski definition) is 2. The van der Waals surface area contributed by atoms with Gasteiger partial charge in [-0.1, -0.05) is 28.1 Å². The maximum Gasteiger partial charge on any atom is 0.221 e. The standard InChI is InChI=1S/C11H15BrN2O.ClH/c1-8(14-11(15)6-7-13)9-2-4-10(12)5-3-9;/h2-5,8H,6-7,13H2,1H3,(H,14,15);1H. The first-order chi connectivity index (χ1) is 7.13. The minimum absolute atomic E-state index is 0. The third-order valence-electron chi connectivity index (χ3n) is 2.12. The summed E-state index contributed by atoms with van der Waals surface area (Å²) in [5, 5.41) is 2.88. The summed E-state index contributed by atoms with van der Waals surface area (Å²) in [4.78, 5) is 11.3. The van der Waals surface area contributed by atoms with Crippen molar-refractivity contribution in [1.29, 1.82) is 0 Å². The lowest BCUT2D eigenvalue weighted by Crippen LogP contribution is -2.28. The van der Waals surface area contributed by atoms with Crippen LogP contribution in [0.2, 0.25) is 0 Å². The van der Waals surface area contributed by atoms with Crippen molar-refractivity contribution in [3.63, 3.8) is 0 Å². The molecule has 0 heterocycles. The number of nitrogens with two attached hydrogens (primary N) is 1. The van der Waals surface area contributed by atoms with Crippen molar-refractivity contribution in [2.45, 2.75) is 19.4 Å². The molecule has 1 rings (SSSR count). The van der Waals surface area contributed by atoms with Crippen molar-refractivity contribution >= 4 is 34.2 Å². The zero-order valence-corrected chi connectivity index (χ0v) is 11.5. The number of rotatable bonds is 4. The highest BCUT2D eigenvalue weighted by Gasteiger charge is 2.08. The summed E-state index contributed by atoms with van der Waals surface area (Å²) < 4.78 is 1.03. The van der Waals surface area contributed by atoms with Crippen LogP contribution in [0, 0.1) is 0 Å². The number of amides is 1. The summed E-state index contributed by atoms with van der Waals surface area (Å²) in [6, 6.07) is 7.91. The molecule has 1 aromatic carbocycles. The van der Waals surface area contributed by atoms with Gasteiger partial charge >= 0.3 is 0 Å². The summed E-state index contributed by atoms with van der Waals surface area (Å²) >= 11 is 3.37. The van der Waals surface area contributed by atoms with Gasteiger partial charge in [-0.2, -0.15) is 0 Å².